The number of aromatic nitrogens is 1. The molecule has 1 aromatic rings. The van der Waals surface area contributed by atoms with E-state index in [0.29, 0.717) is 0 Å². The minimum atomic E-state index is 0. The van der Waals surface area contributed by atoms with Gasteiger partial charge in [0.1, 0.15) is 11.1 Å². The Morgan fingerprint density at radius 2 is 2.07 bits per heavy atom. The molecule has 0 aliphatic heterocycles. The minimum absolute atomic E-state index is 0. The van der Waals surface area contributed by atoms with Crippen LogP contribution in [-0.2, 0) is 11.3 Å². The van der Waals surface area contributed by atoms with Crippen molar-refractivity contribution in [2.45, 2.75) is 64.6 Å². The van der Waals surface area contributed by atoms with Crippen molar-refractivity contribution in [2.75, 3.05) is 40.8 Å². The third-order valence-electron chi connectivity index (χ3n) is 5.28. The van der Waals surface area contributed by atoms with E-state index in [2.05, 4.69) is 41.5 Å². The summed E-state index contributed by atoms with van der Waals surface area (Å²) in [6.07, 6.45) is 6.88. The van der Waals surface area contributed by atoms with E-state index in [9.17, 15) is 0 Å². The lowest BCUT2D eigenvalue weighted by atomic mass is 9.94. The van der Waals surface area contributed by atoms with E-state index in [1.54, 1.807) is 18.4 Å². The van der Waals surface area contributed by atoms with Crippen LogP contribution in [0, 0.1) is 0 Å². The molecule has 28 heavy (non-hydrogen) atoms. The van der Waals surface area contributed by atoms with Crippen molar-refractivity contribution < 1.29 is 4.74 Å². The summed E-state index contributed by atoms with van der Waals surface area (Å²) in [7, 11) is 6.04. The third-order valence-corrected chi connectivity index (χ3v) is 6.33. The van der Waals surface area contributed by atoms with E-state index in [4.69, 9.17) is 14.7 Å². The summed E-state index contributed by atoms with van der Waals surface area (Å²) < 4.78 is 5.36. The zero-order valence-corrected chi connectivity index (χ0v) is 21.3. The molecule has 1 aliphatic carbocycles. The molecule has 0 spiro atoms. The van der Waals surface area contributed by atoms with Crippen LogP contribution in [0.15, 0.2) is 10.4 Å². The summed E-state index contributed by atoms with van der Waals surface area (Å²) in [5.41, 5.74) is 1.06. The lowest BCUT2D eigenvalue weighted by Gasteiger charge is -2.30. The molecule has 1 unspecified atom stereocenters. The fourth-order valence-corrected chi connectivity index (χ4v) is 4.33. The number of guanidine groups is 1. The molecule has 1 aliphatic rings. The number of aliphatic imine (C=N–C) groups is 1. The zero-order chi connectivity index (χ0) is 19.6. The van der Waals surface area contributed by atoms with Crippen LogP contribution < -0.4 is 5.32 Å². The van der Waals surface area contributed by atoms with Gasteiger partial charge in [0.05, 0.1) is 18.8 Å². The monoisotopic (exact) mass is 523 g/mol. The van der Waals surface area contributed by atoms with Gasteiger partial charge in [-0.25, -0.2) is 4.98 Å². The summed E-state index contributed by atoms with van der Waals surface area (Å²) in [5, 5.41) is 6.54. The van der Waals surface area contributed by atoms with E-state index in [1.165, 1.54) is 32.1 Å². The predicted molar refractivity (Wildman–Crippen MR) is 130 cm³/mol. The maximum Gasteiger partial charge on any atom is 0.194 e. The van der Waals surface area contributed by atoms with Gasteiger partial charge in [0.2, 0.25) is 0 Å². The van der Waals surface area contributed by atoms with Crippen LogP contribution in [0.5, 0.6) is 0 Å². The summed E-state index contributed by atoms with van der Waals surface area (Å²) in [5.74, 6) is 0.948. The highest BCUT2D eigenvalue weighted by Gasteiger charge is 2.17. The number of hydrogen-bond donors (Lipinski definition) is 1. The van der Waals surface area contributed by atoms with Crippen LogP contribution in [0.3, 0.4) is 0 Å². The Labute approximate surface area is 192 Å². The molecule has 6 nitrogen and oxygen atoms in total. The number of hydrogen-bond acceptors (Lipinski definition) is 5. The Morgan fingerprint density at radius 3 is 2.71 bits per heavy atom. The summed E-state index contributed by atoms with van der Waals surface area (Å²) >= 11 is 1.66. The topological polar surface area (TPSA) is 53.0 Å². The number of nitrogens with zero attached hydrogens (tertiary/aromatic N) is 4. The lowest BCUT2D eigenvalue weighted by Crippen LogP contribution is -2.40. The number of ether oxygens (including phenoxy) is 1. The van der Waals surface area contributed by atoms with E-state index >= 15 is 0 Å². The zero-order valence-electron chi connectivity index (χ0n) is 18.1. The van der Waals surface area contributed by atoms with Crippen molar-refractivity contribution >= 4 is 41.3 Å². The van der Waals surface area contributed by atoms with Crippen molar-refractivity contribution in [2.24, 2.45) is 4.99 Å². The van der Waals surface area contributed by atoms with Gasteiger partial charge >= 0.3 is 0 Å². The van der Waals surface area contributed by atoms with Crippen LogP contribution in [0.1, 0.15) is 62.8 Å². The molecule has 162 valence electrons. The van der Waals surface area contributed by atoms with Gasteiger partial charge in [-0.1, -0.05) is 19.3 Å². The quantitative estimate of drug-likeness (QED) is 0.300. The second-order valence-corrected chi connectivity index (χ2v) is 8.31. The molecule has 0 saturated heterocycles. The third kappa shape index (κ3) is 8.12. The van der Waals surface area contributed by atoms with E-state index in [-0.39, 0.29) is 30.1 Å². The molecular weight excluding hydrogens is 485 g/mol. The van der Waals surface area contributed by atoms with Crippen molar-refractivity contribution in [1.82, 2.24) is 20.1 Å². The van der Waals surface area contributed by atoms with Crippen molar-refractivity contribution in [3.63, 3.8) is 0 Å². The standard InChI is InChI=1S/C20H37N5OS.HI/c1-6-21-20(22-12-13-24(3)18-10-8-7-9-11-18)25(4)14-17-15-27-19(23-17)16(2)26-5;/h15-16,18H,6-14H2,1-5H3,(H,21,22);1H. The van der Waals surface area contributed by atoms with Gasteiger partial charge in [0, 0.05) is 38.7 Å². The van der Waals surface area contributed by atoms with Crippen LogP contribution in [0.25, 0.3) is 0 Å². The first-order valence-electron chi connectivity index (χ1n) is 10.2. The number of halogens is 1. The summed E-state index contributed by atoms with van der Waals surface area (Å²) in [6, 6.07) is 0.741. The predicted octanol–water partition coefficient (Wildman–Crippen LogP) is 4.13. The van der Waals surface area contributed by atoms with Gasteiger partial charge < -0.3 is 19.9 Å². The van der Waals surface area contributed by atoms with Crippen LogP contribution in [0.2, 0.25) is 0 Å². The smallest absolute Gasteiger partial charge is 0.194 e. The molecule has 1 heterocycles. The Hall–Kier alpha value is -0.450. The molecule has 0 radical (unpaired) electrons. The van der Waals surface area contributed by atoms with Gasteiger partial charge in [0.25, 0.3) is 0 Å². The average Bonchev–Trinajstić information content (AvgIpc) is 3.15. The maximum atomic E-state index is 5.36. The highest BCUT2D eigenvalue weighted by Crippen LogP contribution is 2.22. The second kappa shape index (κ2) is 13.7. The van der Waals surface area contributed by atoms with Gasteiger partial charge in [0.15, 0.2) is 5.96 Å². The van der Waals surface area contributed by atoms with E-state index in [0.717, 1.165) is 48.9 Å². The van der Waals surface area contributed by atoms with Gasteiger partial charge in [-0.05, 0) is 33.7 Å². The molecule has 1 aromatic heterocycles. The fraction of sp³-hybridized carbons (Fsp3) is 0.800. The summed E-state index contributed by atoms with van der Waals surface area (Å²) in [6.45, 7) is 7.59. The SMILES string of the molecule is CCNC(=NCCN(C)C1CCCCC1)N(C)Cc1csc(C(C)OC)n1.I. The Kier molecular flexibility index (Phi) is 12.5. The van der Waals surface area contributed by atoms with Crippen LogP contribution >= 0.6 is 35.3 Å². The van der Waals surface area contributed by atoms with Gasteiger partial charge in [-0.15, -0.1) is 35.3 Å². The van der Waals surface area contributed by atoms with Crippen molar-refractivity contribution in [3.05, 3.63) is 16.1 Å². The molecule has 1 fully saturated rings. The van der Waals surface area contributed by atoms with E-state index in [1.807, 2.05) is 6.92 Å². The Bertz CT molecular complexity index is 577. The fourth-order valence-electron chi connectivity index (χ4n) is 3.49. The maximum absolute atomic E-state index is 5.36. The van der Waals surface area contributed by atoms with Crippen molar-refractivity contribution in [1.29, 1.82) is 0 Å². The number of likely N-dealkylation sites (N-methyl/N-ethyl adjacent to an activating group) is 1. The molecule has 8 heteroatoms. The minimum Gasteiger partial charge on any atom is -0.375 e. The van der Waals surface area contributed by atoms with Gasteiger partial charge in [-0.2, -0.15) is 0 Å². The molecule has 1 atom stereocenters. The van der Waals surface area contributed by atoms with Crippen LogP contribution in [-0.4, -0.2) is 67.6 Å². The molecule has 0 bridgehead atoms. The molecular formula is C20H38IN5OS. The molecule has 1 saturated carbocycles. The summed E-state index contributed by atoms with van der Waals surface area (Å²) in [4.78, 5) is 14.2. The number of thiazole rings is 1. The Balaban J connectivity index is 0.00000392. The normalized spacial score (nSPS) is 16.7. The number of nitrogens with one attached hydrogen (secondary N) is 1. The number of rotatable bonds is 9. The van der Waals surface area contributed by atoms with Crippen molar-refractivity contribution in [3.8, 4) is 0 Å². The highest BCUT2D eigenvalue weighted by molar-refractivity contribution is 14.0. The largest absolute Gasteiger partial charge is 0.375 e. The Morgan fingerprint density at radius 1 is 1.36 bits per heavy atom. The van der Waals surface area contributed by atoms with Crippen LogP contribution in [0.4, 0.5) is 0 Å². The lowest BCUT2D eigenvalue weighted by molar-refractivity contribution is 0.119. The number of methoxy groups -OCH3 is 1. The van der Waals surface area contributed by atoms with Gasteiger partial charge in [-0.3, -0.25) is 4.99 Å². The molecule has 0 aromatic carbocycles. The first kappa shape index (κ1) is 25.6. The molecule has 2 rings (SSSR count). The molecule has 0 amide bonds. The second-order valence-electron chi connectivity index (χ2n) is 7.42. The molecule has 1 N–H and O–H groups in total. The van der Waals surface area contributed by atoms with E-state index < -0.39 is 0 Å². The first-order chi connectivity index (χ1) is 13.0. The highest BCUT2D eigenvalue weighted by atomic mass is 127. The first-order valence-corrected chi connectivity index (χ1v) is 11.1. The average molecular weight is 524 g/mol.